The highest BCUT2D eigenvalue weighted by atomic mass is 32.1. The average Bonchev–Trinajstić information content (AvgIpc) is 2.70. The first kappa shape index (κ1) is 13.7. The molecule has 0 radical (unpaired) electrons. The Balaban J connectivity index is 1.92. The molecule has 0 saturated carbocycles. The SMILES string of the molecule is CCCc1nsc(N2CCCN(CCO)CC2)n1. The maximum Gasteiger partial charge on any atom is 0.205 e. The molecule has 0 spiro atoms. The summed E-state index contributed by atoms with van der Waals surface area (Å²) in [7, 11) is 0. The normalized spacial score (nSPS) is 18.0. The fraction of sp³-hybridized carbons (Fsp3) is 0.833. The van der Waals surface area contributed by atoms with Gasteiger partial charge in [0.05, 0.1) is 6.61 Å². The second-order valence-corrected chi connectivity index (χ2v) is 5.38. The minimum Gasteiger partial charge on any atom is -0.395 e. The fourth-order valence-corrected chi connectivity index (χ4v) is 2.99. The van der Waals surface area contributed by atoms with Crippen LogP contribution in [-0.4, -0.2) is 58.7 Å². The second kappa shape index (κ2) is 7.01. The molecule has 6 heteroatoms. The number of nitrogens with zero attached hydrogens (tertiary/aromatic N) is 4. The van der Waals surface area contributed by atoms with E-state index in [0.717, 1.165) is 62.9 Å². The number of aryl methyl sites for hydroxylation is 1. The molecule has 1 aliphatic heterocycles. The highest BCUT2D eigenvalue weighted by molar-refractivity contribution is 7.09. The third-order valence-electron chi connectivity index (χ3n) is 3.21. The second-order valence-electron chi connectivity index (χ2n) is 4.65. The predicted octanol–water partition coefficient (Wildman–Crippen LogP) is 0.995. The molecule has 1 aliphatic rings. The van der Waals surface area contributed by atoms with Crippen molar-refractivity contribution in [1.29, 1.82) is 0 Å². The van der Waals surface area contributed by atoms with Gasteiger partial charge in [-0.2, -0.15) is 4.37 Å². The molecule has 2 heterocycles. The van der Waals surface area contributed by atoms with Gasteiger partial charge in [-0.25, -0.2) is 4.98 Å². The third kappa shape index (κ3) is 3.63. The Hall–Kier alpha value is -0.720. The highest BCUT2D eigenvalue weighted by Gasteiger charge is 2.17. The predicted molar refractivity (Wildman–Crippen MR) is 74.3 cm³/mol. The van der Waals surface area contributed by atoms with E-state index in [4.69, 9.17) is 5.11 Å². The molecule has 2 rings (SSSR count). The Bertz CT molecular complexity index is 358. The molecule has 0 unspecified atom stereocenters. The van der Waals surface area contributed by atoms with Gasteiger partial charge >= 0.3 is 0 Å². The minimum absolute atomic E-state index is 0.249. The van der Waals surface area contributed by atoms with Gasteiger partial charge in [0.2, 0.25) is 5.13 Å². The van der Waals surface area contributed by atoms with Crippen LogP contribution in [-0.2, 0) is 6.42 Å². The molecule has 102 valence electrons. The zero-order valence-corrected chi connectivity index (χ0v) is 11.8. The van der Waals surface area contributed by atoms with Crippen molar-refractivity contribution in [2.75, 3.05) is 44.2 Å². The molecular formula is C12H22N4OS. The van der Waals surface area contributed by atoms with E-state index in [1.165, 1.54) is 11.5 Å². The van der Waals surface area contributed by atoms with Crippen LogP contribution in [0.5, 0.6) is 0 Å². The quantitative estimate of drug-likeness (QED) is 0.865. The summed E-state index contributed by atoms with van der Waals surface area (Å²) in [4.78, 5) is 9.24. The molecule has 0 atom stereocenters. The van der Waals surface area contributed by atoms with Crippen LogP contribution in [0.15, 0.2) is 0 Å². The van der Waals surface area contributed by atoms with E-state index in [0.29, 0.717) is 0 Å². The molecule has 0 bridgehead atoms. The van der Waals surface area contributed by atoms with Crippen molar-refractivity contribution in [3.05, 3.63) is 5.82 Å². The van der Waals surface area contributed by atoms with Gasteiger partial charge in [0.15, 0.2) is 0 Å². The van der Waals surface area contributed by atoms with Gasteiger partial charge in [-0.15, -0.1) is 0 Å². The Morgan fingerprint density at radius 1 is 1.28 bits per heavy atom. The first-order valence-corrected chi connectivity index (χ1v) is 7.51. The van der Waals surface area contributed by atoms with Crippen LogP contribution in [0.1, 0.15) is 25.6 Å². The highest BCUT2D eigenvalue weighted by Crippen LogP contribution is 2.19. The summed E-state index contributed by atoms with van der Waals surface area (Å²) in [6.45, 7) is 7.29. The van der Waals surface area contributed by atoms with E-state index in [9.17, 15) is 0 Å². The summed E-state index contributed by atoms with van der Waals surface area (Å²) in [6, 6.07) is 0. The van der Waals surface area contributed by atoms with Crippen molar-refractivity contribution in [1.82, 2.24) is 14.3 Å². The first-order chi connectivity index (χ1) is 8.83. The van der Waals surface area contributed by atoms with Crippen molar-refractivity contribution in [2.45, 2.75) is 26.2 Å². The number of hydrogen-bond donors (Lipinski definition) is 1. The number of aliphatic hydroxyl groups is 1. The van der Waals surface area contributed by atoms with Gasteiger partial charge < -0.3 is 10.0 Å². The molecule has 1 N–H and O–H groups in total. The standard InChI is InChI=1S/C12H22N4OS/c1-2-4-11-13-12(18-14-11)16-6-3-5-15(7-8-16)9-10-17/h17H,2-10H2,1H3. The van der Waals surface area contributed by atoms with Crippen LogP contribution in [0.25, 0.3) is 0 Å². The maximum atomic E-state index is 8.98. The summed E-state index contributed by atoms with van der Waals surface area (Å²) in [6.07, 6.45) is 3.20. The fourth-order valence-electron chi connectivity index (χ4n) is 2.23. The largest absolute Gasteiger partial charge is 0.395 e. The Labute approximate surface area is 113 Å². The van der Waals surface area contributed by atoms with Crippen LogP contribution in [0.3, 0.4) is 0 Å². The lowest BCUT2D eigenvalue weighted by molar-refractivity contribution is 0.204. The van der Waals surface area contributed by atoms with Crippen molar-refractivity contribution in [2.24, 2.45) is 0 Å². The van der Waals surface area contributed by atoms with Gasteiger partial charge in [0, 0.05) is 44.1 Å². The monoisotopic (exact) mass is 270 g/mol. The molecule has 0 aromatic carbocycles. The molecule has 1 fully saturated rings. The summed E-state index contributed by atoms with van der Waals surface area (Å²) < 4.78 is 4.40. The number of aromatic nitrogens is 2. The van der Waals surface area contributed by atoms with E-state index in [1.807, 2.05) is 0 Å². The van der Waals surface area contributed by atoms with Gasteiger partial charge in [-0.1, -0.05) is 6.92 Å². The van der Waals surface area contributed by atoms with Crippen molar-refractivity contribution in [3.8, 4) is 0 Å². The van der Waals surface area contributed by atoms with Crippen molar-refractivity contribution >= 4 is 16.7 Å². The van der Waals surface area contributed by atoms with Crippen LogP contribution in [0.4, 0.5) is 5.13 Å². The third-order valence-corrected chi connectivity index (χ3v) is 4.02. The van der Waals surface area contributed by atoms with Gasteiger partial charge in [-0.3, -0.25) is 4.90 Å². The molecule has 18 heavy (non-hydrogen) atoms. The number of rotatable bonds is 5. The lowest BCUT2D eigenvalue weighted by atomic mass is 10.3. The maximum absolute atomic E-state index is 8.98. The molecule has 1 aromatic rings. The van der Waals surface area contributed by atoms with E-state index in [2.05, 4.69) is 26.1 Å². The summed E-state index contributed by atoms with van der Waals surface area (Å²) in [5, 5.41) is 10.0. The molecular weight excluding hydrogens is 248 g/mol. The van der Waals surface area contributed by atoms with Crippen molar-refractivity contribution in [3.63, 3.8) is 0 Å². The van der Waals surface area contributed by atoms with Gasteiger partial charge in [0.25, 0.3) is 0 Å². The smallest absolute Gasteiger partial charge is 0.205 e. The van der Waals surface area contributed by atoms with Crippen LogP contribution >= 0.6 is 11.5 Å². The molecule has 1 saturated heterocycles. The number of hydrogen-bond acceptors (Lipinski definition) is 6. The summed E-state index contributed by atoms with van der Waals surface area (Å²) in [5.74, 6) is 0.981. The van der Waals surface area contributed by atoms with E-state index in [-0.39, 0.29) is 6.61 Å². The van der Waals surface area contributed by atoms with Crippen molar-refractivity contribution < 1.29 is 5.11 Å². The van der Waals surface area contributed by atoms with Crippen LogP contribution in [0, 0.1) is 0 Å². The Morgan fingerprint density at radius 3 is 2.94 bits per heavy atom. The Kier molecular flexibility index (Phi) is 5.34. The zero-order chi connectivity index (χ0) is 12.8. The zero-order valence-electron chi connectivity index (χ0n) is 11.0. The molecule has 0 aliphatic carbocycles. The number of anilines is 1. The average molecular weight is 270 g/mol. The molecule has 0 amide bonds. The summed E-state index contributed by atoms with van der Waals surface area (Å²) >= 11 is 1.52. The Morgan fingerprint density at radius 2 is 2.17 bits per heavy atom. The lowest BCUT2D eigenvalue weighted by Crippen LogP contribution is -2.32. The van der Waals surface area contributed by atoms with Crippen LogP contribution in [0.2, 0.25) is 0 Å². The van der Waals surface area contributed by atoms with E-state index < -0.39 is 0 Å². The summed E-state index contributed by atoms with van der Waals surface area (Å²) in [5.41, 5.74) is 0. The number of aliphatic hydroxyl groups excluding tert-OH is 1. The first-order valence-electron chi connectivity index (χ1n) is 6.74. The van der Waals surface area contributed by atoms with E-state index in [1.54, 1.807) is 0 Å². The lowest BCUT2D eigenvalue weighted by Gasteiger charge is -2.20. The van der Waals surface area contributed by atoms with Crippen LogP contribution < -0.4 is 4.90 Å². The minimum atomic E-state index is 0.249. The van der Waals surface area contributed by atoms with E-state index >= 15 is 0 Å². The van der Waals surface area contributed by atoms with Gasteiger partial charge in [-0.05, 0) is 19.4 Å². The molecule has 1 aromatic heterocycles. The topological polar surface area (TPSA) is 52.5 Å². The number of β-amino-alcohol motifs (C(OH)–C–C–N with tert-alkyl or cyclic N) is 1. The van der Waals surface area contributed by atoms with Gasteiger partial charge in [0.1, 0.15) is 5.82 Å². The molecule has 5 nitrogen and oxygen atoms in total.